The Hall–Kier alpha value is -1.25. The van der Waals surface area contributed by atoms with Crippen LogP contribution in [0.2, 0.25) is 0 Å². The average molecular weight is 351 g/mol. The van der Waals surface area contributed by atoms with Crippen molar-refractivity contribution in [2.45, 2.75) is 70.9 Å². The van der Waals surface area contributed by atoms with Crippen molar-refractivity contribution in [3.8, 4) is 11.8 Å². The van der Waals surface area contributed by atoms with Gasteiger partial charge in [-0.1, -0.05) is 18.8 Å². The van der Waals surface area contributed by atoms with E-state index in [1.54, 1.807) is 0 Å². The molecule has 2 fully saturated rings. The second-order valence-corrected chi connectivity index (χ2v) is 7.99. The van der Waals surface area contributed by atoms with E-state index >= 15 is 0 Å². The fraction of sp³-hybridized carbons (Fsp3) is 0.850. The minimum absolute atomic E-state index is 0.349. The van der Waals surface area contributed by atoms with Gasteiger partial charge in [-0.25, -0.2) is 4.79 Å². The molecule has 1 saturated carbocycles. The summed E-state index contributed by atoms with van der Waals surface area (Å²) in [5.74, 6) is 7.60. The molecule has 0 aromatic rings. The van der Waals surface area contributed by atoms with E-state index in [2.05, 4.69) is 22.1 Å². The third kappa shape index (κ3) is 7.66. The lowest BCUT2D eigenvalue weighted by Crippen LogP contribution is -2.45. The van der Waals surface area contributed by atoms with E-state index in [0.717, 1.165) is 39.1 Å². The van der Waals surface area contributed by atoms with Crippen LogP contribution in [0.15, 0.2) is 0 Å². The standard InChI is InChI=1S/C20H34N2O3/c1-20(2,3)25-19(23)21-12-8-4-5-11-18(17-9-6-7-10-17)22-13-15-24-16-14-22/h17-18H,4,6-10,12-16H2,1-3H3,(H,21,23). The summed E-state index contributed by atoms with van der Waals surface area (Å²) in [7, 11) is 0. The quantitative estimate of drug-likeness (QED) is 0.611. The maximum atomic E-state index is 11.6. The highest BCUT2D eigenvalue weighted by atomic mass is 16.6. The summed E-state index contributed by atoms with van der Waals surface area (Å²) in [6.45, 7) is 9.85. The fourth-order valence-electron chi connectivity index (χ4n) is 3.49. The van der Waals surface area contributed by atoms with Crippen molar-refractivity contribution in [2.75, 3.05) is 32.8 Å². The molecule has 1 aliphatic carbocycles. The minimum atomic E-state index is -0.448. The Morgan fingerprint density at radius 2 is 1.96 bits per heavy atom. The molecule has 0 aromatic carbocycles. The number of ether oxygens (including phenoxy) is 2. The van der Waals surface area contributed by atoms with Crippen LogP contribution in [0.5, 0.6) is 0 Å². The number of nitrogens with zero attached hydrogens (tertiary/aromatic N) is 1. The highest BCUT2D eigenvalue weighted by Crippen LogP contribution is 2.30. The first-order valence-electron chi connectivity index (χ1n) is 9.73. The first-order valence-corrected chi connectivity index (χ1v) is 9.73. The first-order chi connectivity index (χ1) is 12.0. The summed E-state index contributed by atoms with van der Waals surface area (Å²) < 4.78 is 10.7. The Balaban J connectivity index is 1.73. The van der Waals surface area contributed by atoms with Crippen LogP contribution in [0.4, 0.5) is 4.79 Å². The Kier molecular flexibility index (Phi) is 8.05. The third-order valence-corrected chi connectivity index (χ3v) is 4.68. The average Bonchev–Trinajstić information content (AvgIpc) is 3.07. The largest absolute Gasteiger partial charge is 0.444 e. The normalized spacial score (nSPS) is 20.6. The van der Waals surface area contributed by atoms with Crippen LogP contribution in [-0.4, -0.2) is 55.5 Å². The number of carbonyl (C=O) groups is 1. The number of hydrogen-bond donors (Lipinski definition) is 1. The predicted octanol–water partition coefficient (Wildman–Crippen LogP) is 3.19. The van der Waals surface area contributed by atoms with Gasteiger partial charge in [0, 0.05) is 26.1 Å². The summed E-state index contributed by atoms with van der Waals surface area (Å²) in [6, 6.07) is 0.380. The molecule has 1 N–H and O–H groups in total. The van der Waals surface area contributed by atoms with Gasteiger partial charge in [-0.3, -0.25) is 4.90 Å². The van der Waals surface area contributed by atoms with E-state index in [0.29, 0.717) is 18.5 Å². The molecular weight excluding hydrogens is 316 g/mol. The van der Waals surface area contributed by atoms with Crippen molar-refractivity contribution >= 4 is 6.09 Å². The smallest absolute Gasteiger partial charge is 0.407 e. The van der Waals surface area contributed by atoms with Gasteiger partial charge in [0.1, 0.15) is 5.60 Å². The van der Waals surface area contributed by atoms with Gasteiger partial charge < -0.3 is 14.8 Å². The maximum absolute atomic E-state index is 11.6. The van der Waals surface area contributed by atoms with Crippen molar-refractivity contribution in [1.29, 1.82) is 0 Å². The number of rotatable bonds is 5. The minimum Gasteiger partial charge on any atom is -0.444 e. The topological polar surface area (TPSA) is 50.8 Å². The molecule has 0 radical (unpaired) electrons. The summed E-state index contributed by atoms with van der Waals surface area (Å²) >= 11 is 0. The summed E-state index contributed by atoms with van der Waals surface area (Å²) in [5.41, 5.74) is -0.448. The van der Waals surface area contributed by atoms with Crippen LogP contribution >= 0.6 is 0 Å². The lowest BCUT2D eigenvalue weighted by molar-refractivity contribution is 0.0169. The number of alkyl carbamates (subject to hydrolysis) is 1. The highest BCUT2D eigenvalue weighted by molar-refractivity contribution is 5.67. The molecule has 1 saturated heterocycles. The molecule has 5 heteroatoms. The van der Waals surface area contributed by atoms with Crippen molar-refractivity contribution < 1.29 is 14.3 Å². The molecule has 2 rings (SSSR count). The number of nitrogens with one attached hydrogen (secondary N) is 1. The van der Waals surface area contributed by atoms with Crippen LogP contribution in [0.3, 0.4) is 0 Å². The van der Waals surface area contributed by atoms with Crippen LogP contribution < -0.4 is 5.32 Å². The van der Waals surface area contributed by atoms with Crippen molar-refractivity contribution in [2.24, 2.45) is 5.92 Å². The zero-order valence-corrected chi connectivity index (χ0v) is 16.1. The monoisotopic (exact) mass is 350 g/mol. The lowest BCUT2D eigenvalue weighted by atomic mass is 9.96. The van der Waals surface area contributed by atoms with Crippen molar-refractivity contribution in [3.05, 3.63) is 0 Å². The second kappa shape index (κ2) is 10.0. The zero-order chi connectivity index (χ0) is 18.1. The van der Waals surface area contributed by atoms with Crippen molar-refractivity contribution in [1.82, 2.24) is 10.2 Å². The Labute approximate surface area is 152 Å². The van der Waals surface area contributed by atoms with Gasteiger partial charge in [0.2, 0.25) is 0 Å². The van der Waals surface area contributed by atoms with Gasteiger partial charge in [0.05, 0.1) is 19.3 Å². The molecule has 1 amide bonds. The van der Waals surface area contributed by atoms with E-state index in [1.165, 1.54) is 25.7 Å². The first kappa shape index (κ1) is 20.1. The van der Waals surface area contributed by atoms with E-state index in [-0.39, 0.29) is 6.09 Å². The zero-order valence-electron chi connectivity index (χ0n) is 16.1. The van der Waals surface area contributed by atoms with Gasteiger partial charge in [-0.15, -0.1) is 5.92 Å². The predicted molar refractivity (Wildman–Crippen MR) is 99.4 cm³/mol. The maximum Gasteiger partial charge on any atom is 0.407 e. The SMILES string of the molecule is CC(C)(C)OC(=O)NCCCC#CC(C1CCCC1)N1CCOCC1. The van der Waals surface area contributed by atoms with Gasteiger partial charge in [-0.05, 0) is 46.0 Å². The molecule has 1 atom stereocenters. The van der Waals surface area contributed by atoms with E-state index in [9.17, 15) is 4.79 Å². The lowest BCUT2D eigenvalue weighted by Gasteiger charge is -2.34. The Bertz CT molecular complexity index is 464. The molecular formula is C20H34N2O3. The molecule has 1 unspecified atom stereocenters. The van der Waals surface area contributed by atoms with Gasteiger partial charge in [0.25, 0.3) is 0 Å². The molecule has 2 aliphatic rings. The van der Waals surface area contributed by atoms with Crippen LogP contribution in [0, 0.1) is 17.8 Å². The number of unbranched alkanes of at least 4 members (excludes halogenated alkanes) is 1. The Morgan fingerprint density at radius 1 is 1.28 bits per heavy atom. The van der Waals surface area contributed by atoms with Crippen LogP contribution in [0.25, 0.3) is 0 Å². The summed E-state index contributed by atoms with van der Waals surface area (Å²) in [6.07, 6.45) is 6.60. The molecule has 0 spiro atoms. The van der Waals surface area contributed by atoms with Gasteiger partial charge in [0.15, 0.2) is 0 Å². The summed E-state index contributed by atoms with van der Waals surface area (Å²) in [4.78, 5) is 14.1. The van der Waals surface area contributed by atoms with Gasteiger partial charge in [-0.2, -0.15) is 0 Å². The van der Waals surface area contributed by atoms with Crippen molar-refractivity contribution in [3.63, 3.8) is 0 Å². The van der Waals surface area contributed by atoms with E-state index in [4.69, 9.17) is 9.47 Å². The van der Waals surface area contributed by atoms with E-state index in [1.807, 2.05) is 20.8 Å². The number of amides is 1. The van der Waals surface area contributed by atoms with E-state index < -0.39 is 5.60 Å². The summed E-state index contributed by atoms with van der Waals surface area (Å²) in [5, 5.41) is 2.79. The number of carbonyl (C=O) groups excluding carboxylic acids is 1. The molecule has 1 aliphatic heterocycles. The molecule has 5 nitrogen and oxygen atoms in total. The van der Waals surface area contributed by atoms with Gasteiger partial charge >= 0.3 is 6.09 Å². The number of hydrogen-bond acceptors (Lipinski definition) is 4. The van der Waals surface area contributed by atoms with Crippen LogP contribution in [0.1, 0.15) is 59.3 Å². The highest BCUT2D eigenvalue weighted by Gasteiger charge is 2.29. The fourth-order valence-corrected chi connectivity index (χ4v) is 3.49. The molecule has 0 bridgehead atoms. The Morgan fingerprint density at radius 3 is 2.60 bits per heavy atom. The molecule has 1 heterocycles. The molecule has 25 heavy (non-hydrogen) atoms. The third-order valence-electron chi connectivity index (χ3n) is 4.68. The molecule has 0 aromatic heterocycles. The number of morpholine rings is 1. The van der Waals surface area contributed by atoms with Crippen LogP contribution in [-0.2, 0) is 9.47 Å². The second-order valence-electron chi connectivity index (χ2n) is 7.99. The molecule has 142 valence electrons.